The third-order valence-electron chi connectivity index (χ3n) is 3.20. The van der Waals surface area contributed by atoms with Gasteiger partial charge in [-0.05, 0) is 30.7 Å². The molecule has 4 heteroatoms. The lowest BCUT2D eigenvalue weighted by Crippen LogP contribution is -2.30. The molecule has 0 amide bonds. The number of aromatic hydroxyl groups is 1. The smallest absolute Gasteiger partial charge is 0.130 e. The van der Waals surface area contributed by atoms with Crippen molar-refractivity contribution in [1.29, 1.82) is 0 Å². The van der Waals surface area contributed by atoms with Crippen molar-refractivity contribution in [3.63, 3.8) is 0 Å². The fraction of sp³-hybridized carbons (Fsp3) is 0.188. The minimum atomic E-state index is 0.251. The fourth-order valence-electron chi connectivity index (χ4n) is 2.25. The van der Waals surface area contributed by atoms with Crippen LogP contribution in [0.3, 0.4) is 0 Å². The van der Waals surface area contributed by atoms with Crippen LogP contribution in [0, 0.1) is 0 Å². The molecule has 2 aromatic carbocycles. The number of anilines is 2. The van der Waals surface area contributed by atoms with Crippen molar-refractivity contribution >= 4 is 17.2 Å². The van der Waals surface area contributed by atoms with E-state index in [1.54, 1.807) is 12.1 Å². The van der Waals surface area contributed by atoms with Crippen molar-refractivity contribution in [3.8, 4) is 5.75 Å². The molecule has 102 valence electrons. The molecule has 2 aromatic rings. The Morgan fingerprint density at radius 3 is 2.80 bits per heavy atom. The second kappa shape index (κ2) is 5.65. The zero-order valence-corrected chi connectivity index (χ0v) is 11.1. The number of phenols is 1. The summed E-state index contributed by atoms with van der Waals surface area (Å²) in [5.41, 5.74) is 2.88. The van der Waals surface area contributed by atoms with Gasteiger partial charge in [0, 0.05) is 36.1 Å². The molecule has 0 saturated carbocycles. The summed E-state index contributed by atoms with van der Waals surface area (Å²) in [5, 5.41) is 16.2. The van der Waals surface area contributed by atoms with Gasteiger partial charge in [-0.25, -0.2) is 0 Å². The number of benzene rings is 2. The maximum Gasteiger partial charge on any atom is 0.130 e. The van der Waals surface area contributed by atoms with E-state index in [0.29, 0.717) is 0 Å². The van der Waals surface area contributed by atoms with Crippen LogP contribution in [0.5, 0.6) is 5.75 Å². The summed E-state index contributed by atoms with van der Waals surface area (Å²) in [6.07, 6.45) is 1.08. The lowest BCUT2D eigenvalue weighted by Gasteiger charge is -2.18. The molecule has 1 heterocycles. The monoisotopic (exact) mass is 267 g/mol. The second-order valence-electron chi connectivity index (χ2n) is 4.73. The number of rotatable bonds is 3. The van der Waals surface area contributed by atoms with E-state index in [1.807, 2.05) is 36.4 Å². The zero-order valence-electron chi connectivity index (χ0n) is 11.1. The highest BCUT2D eigenvalue weighted by molar-refractivity contribution is 6.04. The van der Waals surface area contributed by atoms with Crippen LogP contribution in [0.1, 0.15) is 12.0 Å². The van der Waals surface area contributed by atoms with Crippen LogP contribution in [0.25, 0.3) is 0 Å². The third-order valence-corrected chi connectivity index (χ3v) is 3.20. The molecule has 0 aromatic heterocycles. The first-order chi connectivity index (χ1) is 9.83. The van der Waals surface area contributed by atoms with E-state index in [1.165, 1.54) is 0 Å². The molecule has 0 spiro atoms. The van der Waals surface area contributed by atoms with Gasteiger partial charge in [0.25, 0.3) is 0 Å². The summed E-state index contributed by atoms with van der Waals surface area (Å²) < 4.78 is 0. The van der Waals surface area contributed by atoms with Crippen molar-refractivity contribution < 1.29 is 5.11 Å². The predicted molar refractivity (Wildman–Crippen MR) is 81.9 cm³/mol. The Morgan fingerprint density at radius 1 is 1.10 bits per heavy atom. The predicted octanol–water partition coefficient (Wildman–Crippen LogP) is 2.88. The number of nitrogens with one attached hydrogen (secondary N) is 2. The molecule has 0 bridgehead atoms. The number of phenolic OH excluding ortho intramolecular Hbond substituents is 1. The van der Waals surface area contributed by atoms with Gasteiger partial charge >= 0.3 is 0 Å². The average Bonchev–Trinajstić information content (AvgIpc) is 2.49. The van der Waals surface area contributed by atoms with Gasteiger partial charge in [-0.3, -0.25) is 4.99 Å². The van der Waals surface area contributed by atoms with Crippen molar-refractivity contribution in [2.75, 3.05) is 18.4 Å². The highest BCUT2D eigenvalue weighted by Gasteiger charge is 2.11. The van der Waals surface area contributed by atoms with E-state index in [4.69, 9.17) is 0 Å². The Balaban J connectivity index is 1.92. The molecule has 0 unspecified atom stereocenters. The van der Waals surface area contributed by atoms with Gasteiger partial charge in [-0.15, -0.1) is 0 Å². The fourth-order valence-corrected chi connectivity index (χ4v) is 2.25. The molecule has 3 rings (SSSR count). The van der Waals surface area contributed by atoms with Crippen molar-refractivity contribution in [2.24, 2.45) is 4.99 Å². The van der Waals surface area contributed by atoms with Crippen LogP contribution < -0.4 is 10.6 Å². The van der Waals surface area contributed by atoms with Crippen LogP contribution >= 0.6 is 0 Å². The molecule has 1 aliphatic heterocycles. The zero-order chi connectivity index (χ0) is 13.8. The van der Waals surface area contributed by atoms with E-state index in [-0.39, 0.29) is 5.75 Å². The van der Waals surface area contributed by atoms with Crippen LogP contribution in [0.2, 0.25) is 0 Å². The van der Waals surface area contributed by atoms with E-state index < -0.39 is 0 Å². The minimum absolute atomic E-state index is 0.251. The van der Waals surface area contributed by atoms with Crippen molar-refractivity contribution in [3.05, 3.63) is 54.1 Å². The normalized spacial score (nSPS) is 14.3. The largest absolute Gasteiger partial charge is 0.508 e. The highest BCUT2D eigenvalue weighted by Crippen LogP contribution is 2.24. The molecule has 4 nitrogen and oxygen atoms in total. The van der Waals surface area contributed by atoms with Gasteiger partial charge in [0.1, 0.15) is 11.6 Å². The molecule has 0 fully saturated rings. The summed E-state index contributed by atoms with van der Waals surface area (Å²) >= 11 is 0. The van der Waals surface area contributed by atoms with Gasteiger partial charge < -0.3 is 15.7 Å². The number of amidine groups is 1. The Bertz CT molecular complexity index is 637. The Labute approximate surface area is 118 Å². The molecule has 0 aliphatic carbocycles. The minimum Gasteiger partial charge on any atom is -0.508 e. The number of nitrogens with zero attached hydrogens (tertiary/aromatic N) is 1. The molecule has 0 saturated heterocycles. The lowest BCUT2D eigenvalue weighted by atomic mass is 10.1. The van der Waals surface area contributed by atoms with E-state index in [0.717, 1.165) is 42.3 Å². The Morgan fingerprint density at radius 2 is 2.00 bits per heavy atom. The SMILES string of the molecule is Oc1cccc(Nc2ccccc2C2=NCCCN2)c1. The Kier molecular flexibility index (Phi) is 3.54. The summed E-state index contributed by atoms with van der Waals surface area (Å²) in [5.74, 6) is 1.18. The summed E-state index contributed by atoms with van der Waals surface area (Å²) in [4.78, 5) is 4.54. The van der Waals surface area contributed by atoms with Gasteiger partial charge in [-0.1, -0.05) is 18.2 Å². The average molecular weight is 267 g/mol. The maximum absolute atomic E-state index is 9.53. The van der Waals surface area contributed by atoms with E-state index in [2.05, 4.69) is 15.6 Å². The second-order valence-corrected chi connectivity index (χ2v) is 4.73. The highest BCUT2D eigenvalue weighted by atomic mass is 16.3. The Hall–Kier alpha value is -2.49. The van der Waals surface area contributed by atoms with E-state index in [9.17, 15) is 5.11 Å². The summed E-state index contributed by atoms with van der Waals surface area (Å²) in [6, 6.07) is 15.1. The van der Waals surface area contributed by atoms with Crippen molar-refractivity contribution in [2.45, 2.75) is 6.42 Å². The summed E-state index contributed by atoms with van der Waals surface area (Å²) in [6.45, 7) is 1.82. The lowest BCUT2D eigenvalue weighted by molar-refractivity contribution is 0.475. The first-order valence-electron chi connectivity index (χ1n) is 6.77. The van der Waals surface area contributed by atoms with Gasteiger partial charge in [0.2, 0.25) is 0 Å². The number of hydrogen-bond donors (Lipinski definition) is 3. The molecular formula is C16H17N3O. The van der Waals surface area contributed by atoms with Crippen LogP contribution in [0.15, 0.2) is 53.5 Å². The molecule has 1 aliphatic rings. The van der Waals surface area contributed by atoms with Gasteiger partial charge in [-0.2, -0.15) is 0 Å². The number of hydrogen-bond acceptors (Lipinski definition) is 4. The number of aliphatic imine (C=N–C) groups is 1. The first-order valence-corrected chi connectivity index (χ1v) is 6.77. The van der Waals surface area contributed by atoms with Gasteiger partial charge in [0.15, 0.2) is 0 Å². The standard InChI is InChI=1S/C16H17N3O/c20-13-6-3-5-12(11-13)19-15-8-2-1-7-14(15)16-17-9-4-10-18-16/h1-3,5-8,11,19-20H,4,9-10H2,(H,17,18). The van der Waals surface area contributed by atoms with Crippen LogP contribution in [0.4, 0.5) is 11.4 Å². The van der Waals surface area contributed by atoms with Gasteiger partial charge in [0.05, 0.1) is 0 Å². The van der Waals surface area contributed by atoms with Crippen molar-refractivity contribution in [1.82, 2.24) is 5.32 Å². The molecular weight excluding hydrogens is 250 g/mol. The quantitative estimate of drug-likeness (QED) is 0.801. The van der Waals surface area contributed by atoms with Crippen LogP contribution in [-0.2, 0) is 0 Å². The third kappa shape index (κ3) is 2.74. The first kappa shape index (κ1) is 12.5. The summed E-state index contributed by atoms with van der Waals surface area (Å²) in [7, 11) is 0. The van der Waals surface area contributed by atoms with Crippen LogP contribution in [-0.4, -0.2) is 24.0 Å². The molecule has 0 atom stereocenters. The molecule has 20 heavy (non-hydrogen) atoms. The topological polar surface area (TPSA) is 56.6 Å². The number of para-hydroxylation sites is 1. The molecule has 0 radical (unpaired) electrons. The maximum atomic E-state index is 9.53. The molecule has 3 N–H and O–H groups in total. The van der Waals surface area contributed by atoms with E-state index >= 15 is 0 Å².